The van der Waals surface area contributed by atoms with Crippen molar-refractivity contribution in [1.29, 1.82) is 0 Å². The van der Waals surface area contributed by atoms with Gasteiger partial charge >= 0.3 is 6.18 Å². The minimum atomic E-state index is -4.52. The van der Waals surface area contributed by atoms with E-state index in [2.05, 4.69) is 15.9 Å². The zero-order valence-corrected chi connectivity index (χ0v) is 18.3. The van der Waals surface area contributed by atoms with Crippen LogP contribution < -0.4 is 0 Å². The molecule has 0 fully saturated rings. The summed E-state index contributed by atoms with van der Waals surface area (Å²) in [6.45, 7) is 0. The number of carbonyl (C=O) groups excluding carboxylic acids is 1. The average Bonchev–Trinajstić information content (AvgIpc) is 2.72. The lowest BCUT2D eigenvalue weighted by Gasteiger charge is -2.10. The standard InChI is InChI=1S/C23H16BrF3O3S/c24-20-12-8-18(9-13-20)22(28)21(31(29,30)15-17-4-2-1-3-5-17)14-16-6-10-19(11-7-16)23(25,26)27/h1-14H,15H2/b21-14+. The number of Topliss-reactive ketones (excluding diaryl/α,β-unsaturated/α-hetero) is 1. The number of benzene rings is 3. The Morgan fingerprint density at radius 3 is 2.00 bits per heavy atom. The van der Waals surface area contributed by atoms with Gasteiger partial charge in [-0.2, -0.15) is 13.2 Å². The van der Waals surface area contributed by atoms with Gasteiger partial charge in [0.25, 0.3) is 0 Å². The van der Waals surface area contributed by atoms with Gasteiger partial charge in [0.1, 0.15) is 4.91 Å². The number of rotatable bonds is 6. The minimum Gasteiger partial charge on any atom is -0.288 e. The number of halogens is 4. The molecule has 3 aromatic rings. The highest BCUT2D eigenvalue weighted by molar-refractivity contribution is 9.10. The maximum atomic E-state index is 13.1. The molecule has 31 heavy (non-hydrogen) atoms. The maximum Gasteiger partial charge on any atom is 0.416 e. The van der Waals surface area contributed by atoms with E-state index >= 15 is 0 Å². The smallest absolute Gasteiger partial charge is 0.288 e. The Kier molecular flexibility index (Phi) is 6.81. The lowest BCUT2D eigenvalue weighted by Crippen LogP contribution is -2.16. The van der Waals surface area contributed by atoms with Crippen LogP contribution >= 0.6 is 15.9 Å². The normalized spacial score (nSPS) is 12.6. The van der Waals surface area contributed by atoms with Crippen LogP contribution in [0.15, 0.2) is 88.2 Å². The van der Waals surface area contributed by atoms with Crippen LogP contribution in [0.25, 0.3) is 6.08 Å². The summed E-state index contributed by atoms with van der Waals surface area (Å²) in [5.74, 6) is -1.15. The van der Waals surface area contributed by atoms with Gasteiger partial charge in [0, 0.05) is 10.0 Å². The number of carbonyl (C=O) groups is 1. The first-order chi connectivity index (χ1) is 14.6. The third kappa shape index (κ3) is 5.92. The summed E-state index contributed by atoms with van der Waals surface area (Å²) < 4.78 is 65.5. The summed E-state index contributed by atoms with van der Waals surface area (Å²) in [4.78, 5) is 12.6. The Morgan fingerprint density at radius 2 is 1.45 bits per heavy atom. The SMILES string of the molecule is O=C(/C(=C\c1ccc(C(F)(F)F)cc1)S(=O)(=O)Cc1ccccc1)c1ccc(Br)cc1. The molecule has 0 unspecified atom stereocenters. The summed E-state index contributed by atoms with van der Waals surface area (Å²) in [5.41, 5.74) is -0.0508. The predicted molar refractivity (Wildman–Crippen MR) is 117 cm³/mol. The second kappa shape index (κ2) is 9.20. The highest BCUT2D eigenvalue weighted by Crippen LogP contribution is 2.30. The molecule has 0 heterocycles. The summed E-state index contributed by atoms with van der Waals surface area (Å²) in [5, 5.41) is 0. The minimum absolute atomic E-state index is 0.151. The molecule has 0 aliphatic rings. The monoisotopic (exact) mass is 508 g/mol. The fraction of sp³-hybridized carbons (Fsp3) is 0.0870. The van der Waals surface area contributed by atoms with Gasteiger partial charge in [-0.1, -0.05) is 58.4 Å². The Morgan fingerprint density at radius 1 is 0.871 bits per heavy atom. The molecule has 0 atom stereocenters. The van der Waals surface area contributed by atoms with Crippen molar-refractivity contribution in [3.63, 3.8) is 0 Å². The van der Waals surface area contributed by atoms with Crippen molar-refractivity contribution < 1.29 is 26.4 Å². The molecule has 0 spiro atoms. The van der Waals surface area contributed by atoms with Gasteiger partial charge in [0.05, 0.1) is 11.3 Å². The molecule has 0 aromatic heterocycles. The Balaban J connectivity index is 2.06. The van der Waals surface area contributed by atoms with Gasteiger partial charge in [0.2, 0.25) is 5.78 Å². The van der Waals surface area contributed by atoms with E-state index in [-0.39, 0.29) is 11.1 Å². The molecule has 0 bridgehead atoms. The Bertz CT molecular complexity index is 1200. The summed E-state index contributed by atoms with van der Waals surface area (Å²) in [6.07, 6.45) is -3.40. The van der Waals surface area contributed by atoms with E-state index in [4.69, 9.17) is 0 Å². The first-order valence-corrected chi connectivity index (χ1v) is 11.5. The van der Waals surface area contributed by atoms with Crippen LogP contribution in [0, 0.1) is 0 Å². The Labute approximate surface area is 186 Å². The molecule has 8 heteroatoms. The average molecular weight is 509 g/mol. The number of sulfone groups is 1. The van der Waals surface area contributed by atoms with Crippen LogP contribution in [-0.2, 0) is 21.8 Å². The zero-order valence-electron chi connectivity index (χ0n) is 15.9. The summed E-state index contributed by atoms with van der Waals surface area (Å²) in [7, 11) is -4.09. The van der Waals surface area contributed by atoms with E-state index in [0.29, 0.717) is 10.0 Å². The van der Waals surface area contributed by atoms with Crippen molar-refractivity contribution in [1.82, 2.24) is 0 Å². The van der Waals surface area contributed by atoms with Crippen molar-refractivity contribution in [3.8, 4) is 0 Å². The van der Waals surface area contributed by atoms with E-state index in [9.17, 15) is 26.4 Å². The molecule has 0 aliphatic carbocycles. The van der Waals surface area contributed by atoms with Gasteiger partial charge in [-0.25, -0.2) is 8.42 Å². The topological polar surface area (TPSA) is 51.2 Å². The van der Waals surface area contributed by atoms with E-state index < -0.39 is 38.0 Å². The van der Waals surface area contributed by atoms with Crippen LogP contribution in [0.3, 0.4) is 0 Å². The van der Waals surface area contributed by atoms with Crippen molar-refractivity contribution in [3.05, 3.63) is 110 Å². The van der Waals surface area contributed by atoms with Crippen molar-refractivity contribution in [2.24, 2.45) is 0 Å². The van der Waals surface area contributed by atoms with Crippen LogP contribution in [0.2, 0.25) is 0 Å². The zero-order chi connectivity index (χ0) is 22.6. The fourth-order valence-corrected chi connectivity index (χ4v) is 4.60. The highest BCUT2D eigenvalue weighted by atomic mass is 79.9. The lowest BCUT2D eigenvalue weighted by atomic mass is 10.1. The van der Waals surface area contributed by atoms with Crippen LogP contribution in [0.5, 0.6) is 0 Å². The number of alkyl halides is 3. The van der Waals surface area contributed by atoms with Gasteiger partial charge in [-0.05, 0) is 53.6 Å². The third-order valence-electron chi connectivity index (χ3n) is 4.40. The largest absolute Gasteiger partial charge is 0.416 e. The Hall–Kier alpha value is -2.71. The van der Waals surface area contributed by atoms with Crippen molar-refractivity contribution >= 4 is 37.6 Å². The number of hydrogen-bond donors (Lipinski definition) is 0. The van der Waals surface area contributed by atoms with E-state index in [0.717, 1.165) is 30.3 Å². The molecule has 0 amide bonds. The first-order valence-electron chi connectivity index (χ1n) is 9.02. The molecule has 3 rings (SSSR count). The predicted octanol–water partition coefficient (Wildman–Crippen LogP) is 6.31. The van der Waals surface area contributed by atoms with Crippen LogP contribution in [-0.4, -0.2) is 14.2 Å². The third-order valence-corrected chi connectivity index (χ3v) is 6.62. The molecule has 0 radical (unpaired) electrons. The molecular formula is C23H16BrF3O3S. The molecule has 0 saturated heterocycles. The number of ketones is 1. The van der Waals surface area contributed by atoms with E-state index in [1.165, 1.54) is 12.1 Å². The van der Waals surface area contributed by atoms with Gasteiger partial charge in [0.15, 0.2) is 9.84 Å². The van der Waals surface area contributed by atoms with E-state index in [1.807, 2.05) is 0 Å². The molecule has 0 N–H and O–H groups in total. The first kappa shape index (κ1) is 23.0. The molecule has 160 valence electrons. The highest BCUT2D eigenvalue weighted by Gasteiger charge is 2.30. The van der Waals surface area contributed by atoms with Gasteiger partial charge in [-0.15, -0.1) is 0 Å². The van der Waals surface area contributed by atoms with Crippen molar-refractivity contribution in [2.45, 2.75) is 11.9 Å². The fourth-order valence-electron chi connectivity index (χ4n) is 2.83. The summed E-state index contributed by atoms with van der Waals surface area (Å²) >= 11 is 3.26. The quantitative estimate of drug-likeness (QED) is 0.289. The van der Waals surface area contributed by atoms with E-state index in [1.54, 1.807) is 42.5 Å². The number of allylic oxidation sites excluding steroid dienone is 1. The molecule has 3 aromatic carbocycles. The lowest BCUT2D eigenvalue weighted by molar-refractivity contribution is -0.137. The van der Waals surface area contributed by atoms with Gasteiger partial charge in [-0.3, -0.25) is 4.79 Å². The second-order valence-corrected chi connectivity index (χ2v) is 9.58. The molecular weight excluding hydrogens is 493 g/mol. The molecule has 3 nitrogen and oxygen atoms in total. The number of hydrogen-bond acceptors (Lipinski definition) is 3. The second-order valence-electron chi connectivity index (χ2n) is 6.71. The van der Waals surface area contributed by atoms with Crippen LogP contribution in [0.1, 0.15) is 27.0 Å². The van der Waals surface area contributed by atoms with Crippen molar-refractivity contribution in [2.75, 3.05) is 0 Å². The summed E-state index contributed by atoms with van der Waals surface area (Å²) in [6, 6.07) is 18.5. The molecule has 0 aliphatic heterocycles. The molecule has 0 saturated carbocycles. The van der Waals surface area contributed by atoms with Crippen LogP contribution in [0.4, 0.5) is 13.2 Å². The maximum absolute atomic E-state index is 13.1. The van der Waals surface area contributed by atoms with Gasteiger partial charge < -0.3 is 0 Å².